The molecule has 0 radical (unpaired) electrons. The zero-order valence-electron chi connectivity index (χ0n) is 13.8. The van der Waals surface area contributed by atoms with Crippen LogP contribution in [0, 0.1) is 0 Å². The minimum absolute atomic E-state index is 0.0143. The van der Waals surface area contributed by atoms with Crippen LogP contribution >= 0.6 is 0 Å². The third-order valence-electron chi connectivity index (χ3n) is 4.18. The van der Waals surface area contributed by atoms with E-state index in [0.717, 1.165) is 35.7 Å². The van der Waals surface area contributed by atoms with Gasteiger partial charge in [-0.05, 0) is 17.7 Å². The lowest BCUT2D eigenvalue weighted by molar-refractivity contribution is -0.121. The molecule has 0 aliphatic carbocycles. The van der Waals surface area contributed by atoms with Gasteiger partial charge < -0.3 is 15.0 Å². The molecule has 0 saturated carbocycles. The van der Waals surface area contributed by atoms with Crippen LogP contribution in [-0.4, -0.2) is 43.8 Å². The molecule has 24 heavy (non-hydrogen) atoms. The molecular formula is C17H22N4O3. The van der Waals surface area contributed by atoms with E-state index in [-0.39, 0.29) is 11.8 Å². The number of benzene rings is 1. The molecule has 0 bridgehead atoms. The maximum Gasteiger partial charge on any atom is 0.240 e. The van der Waals surface area contributed by atoms with Crippen molar-refractivity contribution in [1.82, 2.24) is 5.43 Å². The van der Waals surface area contributed by atoms with Crippen molar-refractivity contribution in [3.05, 3.63) is 23.8 Å². The summed E-state index contributed by atoms with van der Waals surface area (Å²) in [5.41, 5.74) is 6.12. The summed E-state index contributed by atoms with van der Waals surface area (Å²) in [5.74, 6) is -0.0708. The zero-order chi connectivity index (χ0) is 16.9. The number of nitrogens with zero attached hydrogens (tertiary/aromatic N) is 2. The largest absolute Gasteiger partial charge is 0.378 e. The number of hydrogen-bond donors (Lipinski definition) is 2. The number of carbonyl (C=O) groups excluding carboxylic acids is 2. The number of rotatable bonds is 4. The van der Waals surface area contributed by atoms with Crippen LogP contribution < -0.4 is 15.6 Å². The number of carbonyl (C=O) groups is 2. The molecule has 128 valence electrons. The summed E-state index contributed by atoms with van der Waals surface area (Å²) in [6, 6.07) is 5.88. The fourth-order valence-electron chi connectivity index (χ4n) is 2.80. The Labute approximate surface area is 141 Å². The Hall–Kier alpha value is -2.41. The highest BCUT2D eigenvalue weighted by molar-refractivity contribution is 6.06. The molecule has 7 nitrogen and oxygen atoms in total. The Morgan fingerprint density at radius 2 is 2.12 bits per heavy atom. The molecule has 1 fully saturated rings. The number of hydrogen-bond acceptors (Lipinski definition) is 5. The van der Waals surface area contributed by atoms with E-state index in [1.54, 1.807) is 0 Å². The van der Waals surface area contributed by atoms with Crippen molar-refractivity contribution >= 4 is 28.9 Å². The van der Waals surface area contributed by atoms with Crippen LogP contribution in [0.2, 0.25) is 0 Å². The van der Waals surface area contributed by atoms with E-state index in [0.29, 0.717) is 32.5 Å². The predicted octanol–water partition coefficient (Wildman–Crippen LogP) is 1.49. The topological polar surface area (TPSA) is 83.0 Å². The lowest BCUT2D eigenvalue weighted by Gasteiger charge is -2.31. The van der Waals surface area contributed by atoms with Gasteiger partial charge in [-0.15, -0.1) is 0 Å². The first kappa shape index (κ1) is 16.4. The standard InChI is InChI=1S/C17H22N4O3/c1-2-16(22)18-14-4-3-12(13-5-6-17(23)20-19-13)11-15(14)21-7-9-24-10-8-21/h3-4,11H,2,5-10H2,1H3,(H,18,22)(H,20,23). The van der Waals surface area contributed by atoms with Gasteiger partial charge in [-0.2, -0.15) is 5.10 Å². The number of ether oxygens (including phenoxy) is 1. The summed E-state index contributed by atoms with van der Waals surface area (Å²) < 4.78 is 5.42. The van der Waals surface area contributed by atoms with Gasteiger partial charge in [0.05, 0.1) is 30.3 Å². The van der Waals surface area contributed by atoms with Crippen molar-refractivity contribution in [2.45, 2.75) is 26.2 Å². The molecule has 3 rings (SSSR count). The Bertz CT molecular complexity index is 666. The first-order valence-electron chi connectivity index (χ1n) is 8.29. The predicted molar refractivity (Wildman–Crippen MR) is 92.3 cm³/mol. The van der Waals surface area contributed by atoms with Crippen LogP contribution in [-0.2, 0) is 14.3 Å². The monoisotopic (exact) mass is 330 g/mol. The fourth-order valence-corrected chi connectivity index (χ4v) is 2.80. The summed E-state index contributed by atoms with van der Waals surface area (Å²) >= 11 is 0. The smallest absolute Gasteiger partial charge is 0.240 e. The summed E-state index contributed by atoms with van der Waals surface area (Å²) in [6.07, 6.45) is 1.50. The van der Waals surface area contributed by atoms with Crippen LogP contribution in [0.5, 0.6) is 0 Å². The van der Waals surface area contributed by atoms with Crippen LogP contribution in [0.25, 0.3) is 0 Å². The number of amides is 2. The van der Waals surface area contributed by atoms with Gasteiger partial charge in [-0.3, -0.25) is 9.59 Å². The van der Waals surface area contributed by atoms with Crippen LogP contribution in [0.3, 0.4) is 0 Å². The molecule has 2 aliphatic heterocycles. The fraction of sp³-hybridized carbons (Fsp3) is 0.471. The molecule has 2 N–H and O–H groups in total. The molecule has 0 spiro atoms. The molecule has 2 aliphatic rings. The van der Waals surface area contributed by atoms with E-state index in [9.17, 15) is 9.59 Å². The molecule has 2 amide bonds. The Kier molecular flexibility index (Phi) is 5.10. The van der Waals surface area contributed by atoms with E-state index in [2.05, 4.69) is 20.7 Å². The van der Waals surface area contributed by atoms with Crippen molar-refractivity contribution in [1.29, 1.82) is 0 Å². The molecule has 0 aromatic heterocycles. The molecule has 0 unspecified atom stereocenters. The third-order valence-corrected chi connectivity index (χ3v) is 4.18. The summed E-state index contributed by atoms with van der Waals surface area (Å²) in [7, 11) is 0. The highest BCUT2D eigenvalue weighted by Crippen LogP contribution is 2.29. The Balaban J connectivity index is 1.92. The van der Waals surface area contributed by atoms with Gasteiger partial charge in [0.15, 0.2) is 0 Å². The zero-order valence-corrected chi connectivity index (χ0v) is 13.8. The van der Waals surface area contributed by atoms with Crippen LogP contribution in [0.4, 0.5) is 11.4 Å². The third kappa shape index (κ3) is 3.73. The van der Waals surface area contributed by atoms with Gasteiger partial charge >= 0.3 is 0 Å². The van der Waals surface area contributed by atoms with Gasteiger partial charge in [0, 0.05) is 32.4 Å². The molecule has 1 aromatic carbocycles. The number of nitrogens with one attached hydrogen (secondary N) is 2. The summed E-state index contributed by atoms with van der Waals surface area (Å²) in [4.78, 5) is 25.3. The average molecular weight is 330 g/mol. The second kappa shape index (κ2) is 7.44. The average Bonchev–Trinajstić information content (AvgIpc) is 2.63. The van der Waals surface area contributed by atoms with Gasteiger partial charge in [0.2, 0.25) is 11.8 Å². The van der Waals surface area contributed by atoms with Crippen LogP contribution in [0.1, 0.15) is 31.7 Å². The molecular weight excluding hydrogens is 308 g/mol. The highest BCUT2D eigenvalue weighted by atomic mass is 16.5. The minimum atomic E-state index is -0.0565. The Morgan fingerprint density at radius 1 is 1.33 bits per heavy atom. The maximum absolute atomic E-state index is 11.8. The van der Waals surface area contributed by atoms with Gasteiger partial charge in [0.25, 0.3) is 0 Å². The second-order valence-electron chi connectivity index (χ2n) is 5.83. The first-order chi connectivity index (χ1) is 11.7. The molecule has 1 aromatic rings. The molecule has 2 heterocycles. The van der Waals surface area contributed by atoms with E-state index >= 15 is 0 Å². The first-order valence-corrected chi connectivity index (χ1v) is 8.29. The number of hydrazone groups is 1. The lowest BCUT2D eigenvalue weighted by Crippen LogP contribution is -2.37. The minimum Gasteiger partial charge on any atom is -0.378 e. The van der Waals surface area contributed by atoms with Crippen molar-refractivity contribution in [2.24, 2.45) is 5.10 Å². The lowest BCUT2D eigenvalue weighted by atomic mass is 10.0. The Morgan fingerprint density at radius 3 is 2.79 bits per heavy atom. The van der Waals surface area contributed by atoms with E-state index < -0.39 is 0 Å². The quantitative estimate of drug-likeness (QED) is 0.876. The van der Waals surface area contributed by atoms with E-state index in [1.165, 1.54) is 0 Å². The van der Waals surface area contributed by atoms with E-state index in [1.807, 2.05) is 25.1 Å². The molecule has 0 atom stereocenters. The summed E-state index contributed by atoms with van der Waals surface area (Å²) in [6.45, 7) is 4.73. The van der Waals surface area contributed by atoms with Gasteiger partial charge in [0.1, 0.15) is 0 Å². The van der Waals surface area contributed by atoms with Crippen molar-refractivity contribution in [3.8, 4) is 0 Å². The second-order valence-corrected chi connectivity index (χ2v) is 5.83. The van der Waals surface area contributed by atoms with Crippen molar-refractivity contribution < 1.29 is 14.3 Å². The van der Waals surface area contributed by atoms with Gasteiger partial charge in [-0.25, -0.2) is 5.43 Å². The number of anilines is 2. The number of morpholine rings is 1. The molecule has 7 heteroatoms. The normalized spacial score (nSPS) is 18.0. The summed E-state index contributed by atoms with van der Waals surface area (Å²) in [5, 5.41) is 7.12. The molecule has 1 saturated heterocycles. The SMILES string of the molecule is CCC(=O)Nc1ccc(C2=NNC(=O)CC2)cc1N1CCOCC1. The van der Waals surface area contributed by atoms with Crippen LogP contribution in [0.15, 0.2) is 23.3 Å². The highest BCUT2D eigenvalue weighted by Gasteiger charge is 2.19. The van der Waals surface area contributed by atoms with Gasteiger partial charge in [-0.1, -0.05) is 13.0 Å². The van der Waals surface area contributed by atoms with Crippen molar-refractivity contribution in [2.75, 3.05) is 36.5 Å². The van der Waals surface area contributed by atoms with E-state index in [4.69, 9.17) is 4.74 Å². The van der Waals surface area contributed by atoms with Crippen molar-refractivity contribution in [3.63, 3.8) is 0 Å². The maximum atomic E-state index is 11.8.